The molecule has 1 unspecified atom stereocenters. The van der Waals surface area contributed by atoms with Crippen LogP contribution in [0.4, 0.5) is 0 Å². The number of aliphatic hydroxyl groups is 1. The van der Waals surface area contributed by atoms with Crippen molar-refractivity contribution >= 4 is 96.9 Å². The Morgan fingerprint density at radius 2 is 0.963 bits per heavy atom. The van der Waals surface area contributed by atoms with Crippen molar-refractivity contribution in [1.29, 1.82) is 0 Å². The summed E-state index contributed by atoms with van der Waals surface area (Å²) >= 11 is 30.4. The third-order valence-corrected chi connectivity index (χ3v) is 14.9. The van der Waals surface area contributed by atoms with Crippen LogP contribution in [0.15, 0.2) is 188 Å². The molecule has 0 saturated heterocycles. The number of nitrogens with one attached hydrogen (secondary N) is 4. The van der Waals surface area contributed by atoms with Crippen LogP contribution in [0.1, 0.15) is 78.1 Å². The maximum absolute atomic E-state index is 12.9. The lowest BCUT2D eigenvalue weighted by Crippen LogP contribution is -2.15. The van der Waals surface area contributed by atoms with E-state index < -0.39 is 6.10 Å². The number of nitrogens with zero attached hydrogens (tertiary/aromatic N) is 5. The van der Waals surface area contributed by atoms with E-state index >= 15 is 0 Å². The van der Waals surface area contributed by atoms with Gasteiger partial charge in [-0.2, -0.15) is 0 Å². The summed E-state index contributed by atoms with van der Waals surface area (Å²) in [5.74, 6) is -0.170. The molecule has 5 N–H and O–H groups in total. The highest BCUT2D eigenvalue weighted by Gasteiger charge is 2.21. The molecular formula is C63H50Cl5N9O3. The van der Waals surface area contributed by atoms with Crippen LogP contribution in [0.25, 0.3) is 33.1 Å². The van der Waals surface area contributed by atoms with E-state index in [2.05, 4.69) is 44.9 Å². The minimum Gasteiger partial charge on any atom is -0.383 e. The molecule has 0 fully saturated rings. The zero-order valence-corrected chi connectivity index (χ0v) is 46.5. The summed E-state index contributed by atoms with van der Waals surface area (Å²) in [5.41, 5.74) is 12.5. The minimum absolute atomic E-state index is 0.0307. The molecule has 12 nitrogen and oxygen atoms in total. The first-order valence-corrected chi connectivity index (χ1v) is 27.5. The summed E-state index contributed by atoms with van der Waals surface area (Å²) in [5, 5.41) is 16.2. The highest BCUT2D eigenvalue weighted by atomic mass is 35.5. The van der Waals surface area contributed by atoms with Crippen molar-refractivity contribution in [2.75, 3.05) is 0 Å². The molecule has 12 rings (SSSR count). The van der Waals surface area contributed by atoms with E-state index in [0.29, 0.717) is 33.9 Å². The Bertz CT molecular complexity index is 4140. The summed E-state index contributed by atoms with van der Waals surface area (Å²) in [6.45, 7) is 0. The number of hydrogen-bond acceptors (Lipinski definition) is 8. The van der Waals surface area contributed by atoms with Gasteiger partial charge in [0.05, 0.1) is 5.56 Å². The number of hydrogen-bond donors (Lipinski definition) is 5. The van der Waals surface area contributed by atoms with Gasteiger partial charge in [0.1, 0.15) is 33.4 Å². The average molecular weight is 1160 g/mol. The first kappa shape index (κ1) is 55.4. The molecule has 0 radical (unpaired) electrons. The van der Waals surface area contributed by atoms with Gasteiger partial charge in [-0.15, -0.1) is 0 Å². The number of halogens is 5. The maximum atomic E-state index is 12.9. The van der Waals surface area contributed by atoms with E-state index in [9.17, 15) is 14.7 Å². The number of aromatic nitrogens is 9. The first-order chi connectivity index (χ1) is 38.9. The molecule has 80 heavy (non-hydrogen) atoms. The first-order valence-electron chi connectivity index (χ1n) is 25.7. The van der Waals surface area contributed by atoms with Crippen LogP contribution in [0, 0.1) is 0 Å². The highest BCUT2D eigenvalue weighted by Crippen LogP contribution is 2.32. The predicted molar refractivity (Wildman–Crippen MR) is 321 cm³/mol. The van der Waals surface area contributed by atoms with Gasteiger partial charge in [0.2, 0.25) is 0 Å². The molecule has 0 aliphatic rings. The summed E-state index contributed by atoms with van der Waals surface area (Å²) < 4.78 is 0. The second-order valence-electron chi connectivity index (χ2n) is 18.9. The maximum Gasteiger partial charge on any atom is 0.251 e. The van der Waals surface area contributed by atoms with Crippen molar-refractivity contribution in [1.82, 2.24) is 44.9 Å². The van der Waals surface area contributed by atoms with Gasteiger partial charge in [-0.1, -0.05) is 107 Å². The molecule has 0 aliphatic heterocycles. The summed E-state index contributed by atoms with van der Waals surface area (Å²) in [4.78, 5) is 59.2. The molecule has 0 aliphatic carbocycles. The van der Waals surface area contributed by atoms with Gasteiger partial charge >= 0.3 is 0 Å². The van der Waals surface area contributed by atoms with Crippen LogP contribution in [0.5, 0.6) is 0 Å². The number of pyridine rings is 6. The molecule has 1 atom stereocenters. The van der Waals surface area contributed by atoms with Crippen molar-refractivity contribution in [3.8, 4) is 0 Å². The number of benzene rings is 3. The molecule has 17 heteroatoms. The Hall–Kier alpha value is -7.94. The number of ketones is 1. The van der Waals surface area contributed by atoms with Crippen LogP contribution >= 0.6 is 58.0 Å². The molecule has 400 valence electrons. The van der Waals surface area contributed by atoms with E-state index in [4.69, 9.17) is 58.0 Å². The lowest BCUT2D eigenvalue weighted by molar-refractivity contribution is 0.104. The van der Waals surface area contributed by atoms with Crippen LogP contribution in [-0.4, -0.2) is 55.7 Å². The van der Waals surface area contributed by atoms with E-state index in [1.165, 1.54) is 16.7 Å². The van der Waals surface area contributed by atoms with Gasteiger partial charge in [-0.3, -0.25) is 9.59 Å². The number of fused-ring (bicyclic) bond motifs is 3. The number of carbonyl (C=O) groups excluding carboxylic acids is 1. The number of rotatable bonds is 15. The SMILES string of the molecule is O=C(c1ccc(CCc2ccc(Cl)cc2)nc1Cl)c1c[nH]c2ncccc12.O=c1[nH]c(CCc2ccc(Cl)cc2)ccc1Cc1c[nH]c2ncccc12.OC(c1ccc(CCc2ccc(Cl)cc2)nc1Cl)c1c[nH]c2ncccc12. The minimum atomic E-state index is -0.867. The largest absolute Gasteiger partial charge is 0.383 e. The van der Waals surface area contributed by atoms with Crippen LogP contribution in [-0.2, 0) is 44.9 Å². The molecule has 12 aromatic rings. The smallest absolute Gasteiger partial charge is 0.251 e. The van der Waals surface area contributed by atoms with Gasteiger partial charge in [-0.25, -0.2) is 24.9 Å². The monoisotopic (exact) mass is 1160 g/mol. The zero-order valence-electron chi connectivity index (χ0n) is 42.7. The fourth-order valence-corrected chi connectivity index (χ4v) is 10.1. The molecule has 9 heterocycles. The van der Waals surface area contributed by atoms with E-state index in [1.807, 2.05) is 140 Å². The molecule has 9 aromatic heterocycles. The summed E-state index contributed by atoms with van der Waals surface area (Å²) in [6.07, 6.45) is 15.0. The zero-order chi connectivity index (χ0) is 55.5. The Balaban J connectivity index is 0.000000135. The Labute approximate surface area is 485 Å². The van der Waals surface area contributed by atoms with Crippen LogP contribution in [0.2, 0.25) is 25.4 Å². The van der Waals surface area contributed by atoms with Crippen LogP contribution in [0.3, 0.4) is 0 Å². The van der Waals surface area contributed by atoms with E-state index in [1.54, 1.807) is 43.1 Å². The molecule has 0 bridgehead atoms. The fraction of sp³-hybridized carbons (Fsp3) is 0.127. The molecule has 0 saturated carbocycles. The highest BCUT2D eigenvalue weighted by molar-refractivity contribution is 6.34. The topological polar surface area (TPSA) is 182 Å². The number of H-pyrrole nitrogens is 4. The second kappa shape index (κ2) is 25.9. The Morgan fingerprint density at radius 1 is 0.463 bits per heavy atom. The quantitative estimate of drug-likeness (QED) is 0.0496. The second-order valence-corrected chi connectivity index (χ2v) is 20.9. The average Bonchev–Trinajstić information content (AvgIpc) is 4.24. The summed E-state index contributed by atoms with van der Waals surface area (Å²) in [7, 11) is 0. The van der Waals surface area contributed by atoms with Gasteiger partial charge in [-0.05, 0) is 158 Å². The predicted octanol–water partition coefficient (Wildman–Crippen LogP) is 14.7. The number of aryl methyl sites for hydroxylation is 6. The third kappa shape index (κ3) is 13.7. The van der Waals surface area contributed by atoms with Crippen molar-refractivity contribution in [3.05, 3.63) is 286 Å². The lowest BCUT2D eigenvalue weighted by Gasteiger charge is -2.13. The Kier molecular flexibility index (Phi) is 17.9. The van der Waals surface area contributed by atoms with Gasteiger partial charge < -0.3 is 25.0 Å². The van der Waals surface area contributed by atoms with Crippen molar-refractivity contribution in [2.24, 2.45) is 0 Å². The van der Waals surface area contributed by atoms with Crippen molar-refractivity contribution in [2.45, 2.75) is 51.0 Å². The van der Waals surface area contributed by atoms with Gasteiger partial charge in [0, 0.05) is 114 Å². The fourth-order valence-electron chi connectivity index (χ4n) is 9.24. The third-order valence-electron chi connectivity index (χ3n) is 13.6. The molecule has 0 spiro atoms. The normalized spacial score (nSPS) is 11.5. The van der Waals surface area contributed by atoms with Crippen LogP contribution < -0.4 is 5.56 Å². The lowest BCUT2D eigenvalue weighted by atomic mass is 10.0. The number of aromatic amines is 4. The van der Waals surface area contributed by atoms with E-state index in [0.717, 1.165) is 115 Å². The molecule has 3 aromatic carbocycles. The number of carbonyl (C=O) groups is 1. The number of aliphatic hydroxyl groups excluding tert-OH is 1. The standard InChI is InChI=1S/C21H17Cl2N3O.C21H15Cl2N3O.C21H18ClN3O/c2*22-14-6-3-13(4-7-14)5-8-15-9-10-17(20(23)26-15)19(27)18-12-25-21-16(18)2-1-11-24-21;22-17-7-3-14(4-8-17)5-9-18-10-6-15(21(26)25-18)12-16-13-24-20-19(16)2-1-11-23-20/h1-4,6-7,9-12,19,27H,5,8H2,(H,24,25);1-4,6-7,9-12H,5,8H2,(H,24,25);1-4,6-8,10-11,13H,5,9,12H2,(H,23,24)(H,25,26). The van der Waals surface area contributed by atoms with E-state index in [-0.39, 0.29) is 16.5 Å². The van der Waals surface area contributed by atoms with Crippen molar-refractivity contribution < 1.29 is 9.90 Å². The summed E-state index contributed by atoms with van der Waals surface area (Å²) in [6, 6.07) is 45.9. The van der Waals surface area contributed by atoms with Gasteiger partial charge in [0.25, 0.3) is 5.56 Å². The van der Waals surface area contributed by atoms with Gasteiger partial charge in [0.15, 0.2) is 5.78 Å². The Morgan fingerprint density at radius 3 is 1.54 bits per heavy atom. The molecular weight excluding hydrogens is 1110 g/mol. The molecule has 0 amide bonds. The van der Waals surface area contributed by atoms with Crippen molar-refractivity contribution in [3.63, 3.8) is 0 Å².